The maximum atomic E-state index is 14.5. The molecule has 0 bridgehead atoms. The van der Waals surface area contributed by atoms with Gasteiger partial charge in [-0.15, -0.1) is 0 Å². The Morgan fingerprint density at radius 1 is 0.800 bits per heavy atom. The number of nitrogens with one attached hydrogen (secondary N) is 1. The molecule has 1 aliphatic carbocycles. The average molecular weight is 472 g/mol. The SMILES string of the molecule is O=C1CC(=O)c2c1c1c3cc(F)ccc3[nH]c1c1c2c2cc(F)ccc2n1CCN1CCCCC1. The Bertz CT molecular complexity index is 1720. The molecule has 0 amide bonds. The maximum Gasteiger partial charge on any atom is 0.172 e. The summed E-state index contributed by atoms with van der Waals surface area (Å²) in [5.41, 5.74) is 3.66. The lowest BCUT2D eigenvalue weighted by Gasteiger charge is -2.26. The lowest BCUT2D eigenvalue weighted by atomic mass is 9.96. The lowest BCUT2D eigenvalue weighted by Crippen LogP contribution is -2.32. The number of piperidine rings is 1. The molecule has 0 atom stereocenters. The van der Waals surface area contributed by atoms with Crippen molar-refractivity contribution in [2.75, 3.05) is 19.6 Å². The summed E-state index contributed by atoms with van der Waals surface area (Å²) in [5, 5.41) is 2.41. The third-order valence-electron chi connectivity index (χ3n) is 7.74. The highest BCUT2D eigenvalue weighted by atomic mass is 19.1. The number of Topliss-reactive ketones (excluding diaryl/α,β-unsaturated/α-hetero) is 2. The van der Waals surface area contributed by atoms with Crippen LogP contribution < -0.4 is 0 Å². The molecule has 1 N–H and O–H groups in total. The van der Waals surface area contributed by atoms with Crippen LogP contribution in [0.4, 0.5) is 8.78 Å². The second-order valence-electron chi connectivity index (χ2n) is 9.78. The fourth-order valence-corrected chi connectivity index (χ4v) is 6.23. The zero-order chi connectivity index (χ0) is 23.8. The number of nitrogens with zero attached hydrogens (tertiary/aromatic N) is 2. The average Bonchev–Trinajstić information content (AvgIpc) is 3.47. The van der Waals surface area contributed by atoms with E-state index < -0.39 is 11.6 Å². The van der Waals surface area contributed by atoms with Gasteiger partial charge in [0.05, 0.1) is 17.5 Å². The minimum absolute atomic E-state index is 0.221. The first-order valence-corrected chi connectivity index (χ1v) is 12.2. The number of carbonyl (C=O) groups is 2. The number of H-pyrrole nitrogens is 1. The molecule has 35 heavy (non-hydrogen) atoms. The van der Waals surface area contributed by atoms with Crippen LogP contribution in [0.2, 0.25) is 0 Å². The summed E-state index contributed by atoms with van der Waals surface area (Å²) in [7, 11) is 0. The van der Waals surface area contributed by atoms with Crippen molar-refractivity contribution in [3.63, 3.8) is 0 Å². The molecule has 0 saturated carbocycles. The van der Waals surface area contributed by atoms with Gasteiger partial charge in [-0.05, 0) is 62.3 Å². The van der Waals surface area contributed by atoms with Gasteiger partial charge in [0.1, 0.15) is 11.6 Å². The van der Waals surface area contributed by atoms with Gasteiger partial charge in [0, 0.05) is 56.8 Å². The molecule has 1 aliphatic heterocycles. The summed E-state index contributed by atoms with van der Waals surface area (Å²) >= 11 is 0. The molecule has 3 aromatic carbocycles. The van der Waals surface area contributed by atoms with Crippen LogP contribution in [0.25, 0.3) is 43.6 Å². The van der Waals surface area contributed by atoms with Crippen molar-refractivity contribution in [2.24, 2.45) is 0 Å². The normalized spacial score (nSPS) is 17.0. The second kappa shape index (κ2) is 7.46. The van der Waals surface area contributed by atoms with E-state index in [1.54, 1.807) is 12.1 Å². The standard InChI is InChI=1S/C28H23F2N3O2/c29-15-4-6-19-17(12-15)23-25-21(34)14-22(35)26(25)24-18-13-16(30)5-7-20(18)33(28(24)27(23)31-19)11-10-32-8-2-1-3-9-32/h4-7,12-13,31H,1-3,8-11,14H2. The van der Waals surface area contributed by atoms with Crippen molar-refractivity contribution < 1.29 is 18.4 Å². The van der Waals surface area contributed by atoms with Crippen LogP contribution in [0.15, 0.2) is 36.4 Å². The van der Waals surface area contributed by atoms with Gasteiger partial charge in [-0.1, -0.05) is 6.42 Å². The van der Waals surface area contributed by atoms with Gasteiger partial charge in [0.2, 0.25) is 0 Å². The van der Waals surface area contributed by atoms with Crippen LogP contribution in [0, 0.1) is 11.6 Å². The van der Waals surface area contributed by atoms with Crippen molar-refractivity contribution in [1.29, 1.82) is 0 Å². The molecule has 1 saturated heterocycles. The largest absolute Gasteiger partial charge is 0.353 e. The minimum atomic E-state index is -0.406. The number of hydrogen-bond donors (Lipinski definition) is 1. The maximum absolute atomic E-state index is 14.5. The molecule has 176 valence electrons. The number of carbonyl (C=O) groups excluding carboxylic acids is 2. The third kappa shape index (κ3) is 2.94. The first kappa shape index (κ1) is 20.8. The Hall–Kier alpha value is -3.58. The fourth-order valence-electron chi connectivity index (χ4n) is 6.23. The van der Waals surface area contributed by atoms with Gasteiger partial charge in [0.15, 0.2) is 11.6 Å². The number of benzene rings is 3. The quantitative estimate of drug-likeness (QED) is 0.330. The highest BCUT2D eigenvalue weighted by Crippen LogP contribution is 2.45. The highest BCUT2D eigenvalue weighted by Gasteiger charge is 2.36. The summed E-state index contributed by atoms with van der Waals surface area (Å²) < 4.78 is 30.9. The molecule has 0 spiro atoms. The van der Waals surface area contributed by atoms with Crippen molar-refractivity contribution >= 4 is 55.2 Å². The minimum Gasteiger partial charge on any atom is -0.353 e. The fraction of sp³-hybridized carbons (Fsp3) is 0.286. The summed E-state index contributed by atoms with van der Waals surface area (Å²) in [4.78, 5) is 32.1. The number of aromatic nitrogens is 2. The smallest absolute Gasteiger partial charge is 0.172 e. The van der Waals surface area contributed by atoms with Crippen molar-refractivity contribution in [3.8, 4) is 0 Å². The number of fused-ring (bicyclic) bond motifs is 10. The van der Waals surface area contributed by atoms with E-state index in [0.29, 0.717) is 50.2 Å². The monoisotopic (exact) mass is 471 g/mol. The van der Waals surface area contributed by atoms with E-state index in [1.807, 2.05) is 0 Å². The van der Waals surface area contributed by atoms with Crippen LogP contribution in [0.3, 0.4) is 0 Å². The molecule has 7 heteroatoms. The van der Waals surface area contributed by atoms with E-state index in [4.69, 9.17) is 0 Å². The predicted octanol–water partition coefficient (Wildman–Crippen LogP) is 5.96. The van der Waals surface area contributed by atoms with Crippen LogP contribution in [-0.2, 0) is 6.54 Å². The van der Waals surface area contributed by atoms with E-state index in [1.165, 1.54) is 43.5 Å². The number of ketones is 2. The lowest BCUT2D eigenvalue weighted by molar-refractivity contribution is 0.0924. The van der Waals surface area contributed by atoms with Gasteiger partial charge >= 0.3 is 0 Å². The van der Waals surface area contributed by atoms with Gasteiger partial charge < -0.3 is 14.5 Å². The Balaban J connectivity index is 1.62. The molecule has 1 fully saturated rings. The Kier molecular flexibility index (Phi) is 4.42. The molecular weight excluding hydrogens is 448 g/mol. The molecule has 5 nitrogen and oxygen atoms in total. The zero-order valence-corrected chi connectivity index (χ0v) is 19.1. The second-order valence-corrected chi connectivity index (χ2v) is 9.78. The molecule has 7 rings (SSSR count). The van der Waals surface area contributed by atoms with Crippen molar-refractivity contribution in [2.45, 2.75) is 32.2 Å². The molecular formula is C28H23F2N3O2. The zero-order valence-electron chi connectivity index (χ0n) is 19.1. The summed E-state index contributed by atoms with van der Waals surface area (Å²) in [6.07, 6.45) is 3.39. The summed E-state index contributed by atoms with van der Waals surface area (Å²) in [5.74, 6) is -1.33. The molecule has 0 unspecified atom stereocenters. The van der Waals surface area contributed by atoms with Gasteiger partial charge in [-0.2, -0.15) is 0 Å². The van der Waals surface area contributed by atoms with Crippen LogP contribution in [0.5, 0.6) is 0 Å². The van der Waals surface area contributed by atoms with Crippen LogP contribution in [-0.4, -0.2) is 45.7 Å². The van der Waals surface area contributed by atoms with Gasteiger partial charge in [-0.3, -0.25) is 9.59 Å². The topological polar surface area (TPSA) is 58.1 Å². The molecule has 2 aromatic heterocycles. The van der Waals surface area contributed by atoms with Crippen LogP contribution in [0.1, 0.15) is 46.4 Å². The molecule has 3 heterocycles. The highest BCUT2D eigenvalue weighted by molar-refractivity contribution is 6.40. The number of likely N-dealkylation sites (tertiary alicyclic amines) is 1. The van der Waals surface area contributed by atoms with E-state index in [0.717, 1.165) is 30.7 Å². The summed E-state index contributed by atoms with van der Waals surface area (Å²) in [6, 6.07) is 9.09. The van der Waals surface area contributed by atoms with E-state index in [9.17, 15) is 18.4 Å². The van der Waals surface area contributed by atoms with E-state index >= 15 is 0 Å². The summed E-state index contributed by atoms with van der Waals surface area (Å²) in [6.45, 7) is 3.59. The van der Waals surface area contributed by atoms with Crippen molar-refractivity contribution in [1.82, 2.24) is 14.5 Å². The number of halogens is 2. The first-order valence-electron chi connectivity index (χ1n) is 12.2. The van der Waals surface area contributed by atoms with E-state index in [2.05, 4.69) is 14.5 Å². The number of aromatic amines is 1. The number of hydrogen-bond acceptors (Lipinski definition) is 3. The molecule has 0 radical (unpaired) electrons. The molecule has 2 aliphatic rings. The number of rotatable bonds is 3. The van der Waals surface area contributed by atoms with Gasteiger partial charge in [0.25, 0.3) is 0 Å². The Morgan fingerprint density at radius 3 is 2.26 bits per heavy atom. The Labute approximate surface area is 199 Å². The van der Waals surface area contributed by atoms with Gasteiger partial charge in [-0.25, -0.2) is 8.78 Å². The predicted molar refractivity (Wildman–Crippen MR) is 132 cm³/mol. The van der Waals surface area contributed by atoms with E-state index in [-0.39, 0.29) is 18.0 Å². The van der Waals surface area contributed by atoms with Crippen LogP contribution >= 0.6 is 0 Å². The Morgan fingerprint density at radius 2 is 1.49 bits per heavy atom. The third-order valence-corrected chi connectivity index (χ3v) is 7.74. The van der Waals surface area contributed by atoms with Crippen molar-refractivity contribution in [3.05, 3.63) is 59.2 Å². The first-order chi connectivity index (χ1) is 17.0. The molecule has 5 aromatic rings.